The molecule has 0 aliphatic heterocycles. The van der Waals surface area contributed by atoms with Crippen LogP contribution in [0.5, 0.6) is 0 Å². The quantitative estimate of drug-likeness (QED) is 0.735. The Bertz CT molecular complexity index is 538. The SMILES string of the molecule is CC(=O)[C@H]1CC[C@@]2(C)[C@@H](CC[C@H]3[C@H]2CC[C@]2(C)[C@@H]3CC[C@]2(C)O)C1. The minimum Gasteiger partial charge on any atom is -0.390 e. The summed E-state index contributed by atoms with van der Waals surface area (Å²) in [6.07, 6.45) is 10.9. The highest BCUT2D eigenvalue weighted by atomic mass is 16.3. The summed E-state index contributed by atoms with van der Waals surface area (Å²) in [6.45, 7) is 8.83. The van der Waals surface area contributed by atoms with Crippen molar-refractivity contribution in [1.82, 2.24) is 0 Å². The molecule has 8 atom stereocenters. The molecule has 0 heterocycles. The first-order valence-corrected chi connectivity index (χ1v) is 10.4. The van der Waals surface area contributed by atoms with Crippen molar-refractivity contribution in [1.29, 1.82) is 0 Å². The van der Waals surface area contributed by atoms with Gasteiger partial charge in [0.2, 0.25) is 0 Å². The van der Waals surface area contributed by atoms with E-state index in [9.17, 15) is 9.90 Å². The number of carbonyl (C=O) groups is 1. The maximum Gasteiger partial charge on any atom is 0.132 e. The van der Waals surface area contributed by atoms with Gasteiger partial charge in [0, 0.05) is 5.92 Å². The first-order chi connectivity index (χ1) is 11.2. The average Bonchev–Trinajstić information content (AvgIpc) is 2.76. The van der Waals surface area contributed by atoms with Gasteiger partial charge in [-0.2, -0.15) is 0 Å². The Morgan fingerprint density at radius 2 is 1.62 bits per heavy atom. The van der Waals surface area contributed by atoms with Crippen LogP contribution in [0.2, 0.25) is 0 Å². The Morgan fingerprint density at radius 1 is 0.917 bits per heavy atom. The van der Waals surface area contributed by atoms with Gasteiger partial charge < -0.3 is 5.11 Å². The molecule has 4 saturated carbocycles. The molecule has 0 bridgehead atoms. The van der Waals surface area contributed by atoms with Gasteiger partial charge in [-0.25, -0.2) is 0 Å². The third-order valence-corrected chi connectivity index (χ3v) is 9.80. The van der Waals surface area contributed by atoms with Crippen molar-refractivity contribution in [2.24, 2.45) is 40.4 Å². The second kappa shape index (κ2) is 5.32. The second-order valence-corrected chi connectivity index (χ2v) is 10.5. The fourth-order valence-corrected chi connectivity index (χ4v) is 7.87. The Hall–Kier alpha value is -0.370. The van der Waals surface area contributed by atoms with Crippen molar-refractivity contribution in [3.8, 4) is 0 Å². The third kappa shape index (κ3) is 2.14. The van der Waals surface area contributed by atoms with Gasteiger partial charge >= 0.3 is 0 Å². The Morgan fingerprint density at radius 3 is 2.33 bits per heavy atom. The lowest BCUT2D eigenvalue weighted by molar-refractivity contribution is -0.152. The highest BCUT2D eigenvalue weighted by Crippen LogP contribution is 2.68. The molecule has 4 aliphatic carbocycles. The first-order valence-electron chi connectivity index (χ1n) is 10.4. The molecule has 0 spiro atoms. The van der Waals surface area contributed by atoms with Crippen LogP contribution in [0.3, 0.4) is 0 Å². The molecule has 136 valence electrons. The largest absolute Gasteiger partial charge is 0.390 e. The van der Waals surface area contributed by atoms with Crippen LogP contribution in [-0.2, 0) is 4.79 Å². The average molecular weight is 333 g/mol. The normalized spacial score (nSPS) is 57.0. The maximum atomic E-state index is 11.9. The summed E-state index contributed by atoms with van der Waals surface area (Å²) in [6, 6.07) is 0. The van der Waals surface area contributed by atoms with Gasteiger partial charge in [-0.1, -0.05) is 13.8 Å². The van der Waals surface area contributed by atoms with E-state index in [0.717, 1.165) is 42.9 Å². The van der Waals surface area contributed by atoms with Gasteiger partial charge in [-0.15, -0.1) is 0 Å². The molecule has 2 nitrogen and oxygen atoms in total. The molecular formula is C22H36O2. The molecule has 0 amide bonds. The molecular weight excluding hydrogens is 296 g/mol. The van der Waals surface area contributed by atoms with E-state index in [2.05, 4.69) is 20.8 Å². The van der Waals surface area contributed by atoms with E-state index in [1.807, 2.05) is 0 Å². The summed E-state index contributed by atoms with van der Waals surface area (Å²) < 4.78 is 0. The summed E-state index contributed by atoms with van der Waals surface area (Å²) in [5.74, 6) is 3.87. The lowest BCUT2D eigenvalue weighted by Gasteiger charge is -2.61. The molecule has 0 unspecified atom stereocenters. The Labute approximate surface area is 147 Å². The minimum atomic E-state index is -0.466. The molecule has 1 N–H and O–H groups in total. The zero-order chi connectivity index (χ0) is 17.3. The zero-order valence-corrected chi connectivity index (χ0v) is 16.1. The maximum absolute atomic E-state index is 11.9. The summed E-state index contributed by atoms with van der Waals surface area (Å²) in [5, 5.41) is 11.0. The fourth-order valence-electron chi connectivity index (χ4n) is 7.87. The van der Waals surface area contributed by atoms with Gasteiger partial charge in [0.25, 0.3) is 0 Å². The molecule has 4 fully saturated rings. The van der Waals surface area contributed by atoms with Gasteiger partial charge in [-0.3, -0.25) is 4.79 Å². The minimum absolute atomic E-state index is 0.133. The van der Waals surface area contributed by atoms with E-state index in [0.29, 0.717) is 17.1 Å². The summed E-state index contributed by atoms with van der Waals surface area (Å²) >= 11 is 0. The van der Waals surface area contributed by atoms with Crippen molar-refractivity contribution in [3.05, 3.63) is 0 Å². The van der Waals surface area contributed by atoms with Crippen molar-refractivity contribution < 1.29 is 9.90 Å². The monoisotopic (exact) mass is 332 g/mol. The van der Waals surface area contributed by atoms with Crippen LogP contribution >= 0.6 is 0 Å². The van der Waals surface area contributed by atoms with Gasteiger partial charge in [0.15, 0.2) is 0 Å². The van der Waals surface area contributed by atoms with Crippen LogP contribution in [0.1, 0.15) is 85.5 Å². The zero-order valence-electron chi connectivity index (χ0n) is 16.1. The number of Topliss-reactive ketones (excluding diaryl/α,β-unsaturated/α-hetero) is 1. The summed E-state index contributed by atoms with van der Waals surface area (Å²) in [7, 11) is 0. The van der Waals surface area contributed by atoms with Crippen molar-refractivity contribution in [2.45, 2.75) is 91.1 Å². The number of hydrogen-bond donors (Lipinski definition) is 1. The predicted octanol–water partition coefficient (Wildman–Crippen LogP) is 4.99. The summed E-state index contributed by atoms with van der Waals surface area (Å²) in [4.78, 5) is 11.9. The van der Waals surface area contributed by atoms with Crippen LogP contribution in [-0.4, -0.2) is 16.5 Å². The van der Waals surface area contributed by atoms with Crippen molar-refractivity contribution in [2.75, 3.05) is 0 Å². The molecule has 0 aromatic carbocycles. The molecule has 0 saturated heterocycles. The lowest BCUT2D eigenvalue weighted by Crippen LogP contribution is -2.56. The highest BCUT2D eigenvalue weighted by molar-refractivity contribution is 5.78. The first kappa shape index (κ1) is 17.1. The van der Waals surface area contributed by atoms with E-state index < -0.39 is 5.60 Å². The highest BCUT2D eigenvalue weighted by Gasteiger charge is 2.63. The fraction of sp³-hybridized carbons (Fsp3) is 0.955. The third-order valence-electron chi connectivity index (χ3n) is 9.80. The van der Waals surface area contributed by atoms with E-state index in [4.69, 9.17) is 0 Å². The topological polar surface area (TPSA) is 37.3 Å². The number of carbonyl (C=O) groups excluding carboxylic acids is 1. The Balaban J connectivity index is 1.60. The second-order valence-electron chi connectivity index (χ2n) is 10.5. The van der Waals surface area contributed by atoms with Crippen molar-refractivity contribution >= 4 is 5.78 Å². The van der Waals surface area contributed by atoms with Gasteiger partial charge in [0.05, 0.1) is 5.60 Å². The van der Waals surface area contributed by atoms with Crippen LogP contribution in [0.25, 0.3) is 0 Å². The van der Waals surface area contributed by atoms with Crippen LogP contribution in [0, 0.1) is 40.4 Å². The molecule has 0 radical (unpaired) electrons. The summed E-state index contributed by atoms with van der Waals surface area (Å²) in [5.41, 5.74) is 0.116. The van der Waals surface area contributed by atoms with Crippen LogP contribution in [0.4, 0.5) is 0 Å². The van der Waals surface area contributed by atoms with Crippen LogP contribution < -0.4 is 0 Å². The molecule has 4 aliphatic rings. The van der Waals surface area contributed by atoms with E-state index in [1.54, 1.807) is 6.92 Å². The number of hydrogen-bond acceptors (Lipinski definition) is 2. The number of aliphatic hydroxyl groups is 1. The molecule has 4 rings (SSSR count). The molecule has 0 aromatic rings. The van der Waals surface area contributed by atoms with E-state index in [1.165, 1.54) is 38.5 Å². The number of ketones is 1. The van der Waals surface area contributed by atoms with E-state index in [-0.39, 0.29) is 5.41 Å². The standard InChI is InChI=1S/C22H36O2/c1-14(23)15-7-10-20(2)16(13-15)5-6-17-18(20)8-11-21(3)19(17)9-12-22(21,4)24/h15-19,24H,5-13H2,1-4H3/t15-,16-,17-,18+,19+,20-,21+,22-/m0/s1. The molecule has 24 heavy (non-hydrogen) atoms. The Kier molecular flexibility index (Phi) is 3.78. The van der Waals surface area contributed by atoms with Gasteiger partial charge in [-0.05, 0) is 106 Å². The number of fused-ring (bicyclic) bond motifs is 5. The number of rotatable bonds is 1. The molecule has 2 heteroatoms. The lowest BCUT2D eigenvalue weighted by atomic mass is 9.44. The van der Waals surface area contributed by atoms with E-state index >= 15 is 0 Å². The van der Waals surface area contributed by atoms with Gasteiger partial charge in [0.1, 0.15) is 5.78 Å². The predicted molar refractivity (Wildman–Crippen MR) is 96.5 cm³/mol. The van der Waals surface area contributed by atoms with Crippen LogP contribution in [0.15, 0.2) is 0 Å². The molecule has 0 aromatic heterocycles. The van der Waals surface area contributed by atoms with Crippen molar-refractivity contribution in [3.63, 3.8) is 0 Å². The smallest absolute Gasteiger partial charge is 0.132 e.